The number of benzene rings is 3. The number of phenolic OH excluding ortho intramolecular Hbond substituents is 1. The highest BCUT2D eigenvalue weighted by molar-refractivity contribution is 6.15. The Hall–Kier alpha value is -5.98. The van der Waals surface area contributed by atoms with Crippen LogP contribution in [0.1, 0.15) is 94.6 Å². The van der Waals surface area contributed by atoms with E-state index in [1.807, 2.05) is 60.7 Å². The molecule has 7 N–H and O–H groups in total. The van der Waals surface area contributed by atoms with Gasteiger partial charge in [0, 0.05) is 67.6 Å². The number of primary amides is 1. The molecule has 70 heavy (non-hydrogen) atoms. The number of phenols is 1. The van der Waals surface area contributed by atoms with E-state index < -0.39 is 5.41 Å². The largest absolute Gasteiger partial charge is 0.508 e. The van der Waals surface area contributed by atoms with E-state index in [0.29, 0.717) is 61.7 Å². The van der Waals surface area contributed by atoms with Gasteiger partial charge in [-0.25, -0.2) is 9.97 Å². The van der Waals surface area contributed by atoms with Gasteiger partial charge in [-0.2, -0.15) is 0 Å². The number of amides is 2. The quantitative estimate of drug-likeness (QED) is 0.0430. The number of hydrogen-bond donors (Lipinski definition) is 6. The van der Waals surface area contributed by atoms with Gasteiger partial charge in [0.2, 0.25) is 11.8 Å². The second-order valence-electron chi connectivity index (χ2n) is 22.6. The maximum absolute atomic E-state index is 17.6. The second-order valence-corrected chi connectivity index (χ2v) is 22.6. The Morgan fingerprint density at radius 1 is 0.629 bits per heavy atom. The minimum absolute atomic E-state index is 0.0545. The first-order valence-electron chi connectivity index (χ1n) is 26.3. The Morgan fingerprint density at radius 2 is 1.13 bits per heavy atom. The summed E-state index contributed by atoms with van der Waals surface area (Å²) in [5.41, 5.74) is 10.1. The molecule has 0 saturated heterocycles. The van der Waals surface area contributed by atoms with E-state index in [-0.39, 0.29) is 34.8 Å². The monoisotopic (exact) mass is 941 g/mol. The number of pyridine rings is 2. The molecule has 0 spiro atoms. The molecule has 8 fully saturated rings. The summed E-state index contributed by atoms with van der Waals surface area (Å²) in [6.07, 6.45) is 17.0. The van der Waals surface area contributed by atoms with E-state index in [1.54, 1.807) is 18.6 Å². The van der Waals surface area contributed by atoms with E-state index in [2.05, 4.69) is 50.4 Å². The third-order valence-electron chi connectivity index (χ3n) is 18.2. The predicted molar refractivity (Wildman–Crippen MR) is 275 cm³/mol. The molecule has 364 valence electrons. The van der Waals surface area contributed by atoms with Crippen molar-refractivity contribution in [3.63, 3.8) is 0 Å². The lowest BCUT2D eigenvalue weighted by atomic mass is 9.32. The van der Waals surface area contributed by atoms with Crippen molar-refractivity contribution in [1.82, 2.24) is 20.6 Å². The van der Waals surface area contributed by atoms with Crippen molar-refractivity contribution in [2.24, 2.45) is 57.5 Å². The topological polar surface area (TPSA) is 171 Å². The molecule has 0 unspecified atom stereocenters. The molecule has 8 aliphatic rings. The summed E-state index contributed by atoms with van der Waals surface area (Å²) in [5, 5.41) is 25.9. The van der Waals surface area contributed by atoms with Crippen LogP contribution < -0.4 is 31.9 Å². The number of hydrogen-bond acceptors (Lipinski definition) is 10. The first-order chi connectivity index (χ1) is 34.2. The molecule has 12 nitrogen and oxygen atoms in total. The van der Waals surface area contributed by atoms with Gasteiger partial charge >= 0.3 is 0 Å². The maximum Gasteiger partial charge on any atom is 0.239 e. The third-order valence-corrected chi connectivity index (χ3v) is 18.2. The zero-order chi connectivity index (χ0) is 47.5. The van der Waals surface area contributed by atoms with Crippen LogP contribution >= 0.6 is 0 Å². The number of anilines is 4. The molecule has 3 heterocycles. The summed E-state index contributed by atoms with van der Waals surface area (Å²) in [6, 6.07) is 29.9. The Bertz CT molecular complexity index is 2780. The molecule has 6 aromatic rings. The van der Waals surface area contributed by atoms with Gasteiger partial charge in [0.15, 0.2) is 0 Å². The van der Waals surface area contributed by atoms with Crippen LogP contribution in [0.5, 0.6) is 5.75 Å². The first-order valence-corrected chi connectivity index (χ1v) is 26.3. The third kappa shape index (κ3) is 8.08. The lowest BCUT2D eigenvalue weighted by molar-refractivity contribution is -0.226. The van der Waals surface area contributed by atoms with E-state index in [9.17, 15) is 9.90 Å². The number of nitrogens with one attached hydrogen (secondary N) is 4. The van der Waals surface area contributed by atoms with Crippen molar-refractivity contribution in [3.05, 3.63) is 115 Å². The first kappa shape index (κ1) is 45.2. The molecular weight excluding hydrogens is 873 g/mol. The number of rotatable bonds is 19. The number of fused-ring (bicyclic) bond motifs is 2. The summed E-state index contributed by atoms with van der Waals surface area (Å²) in [7, 11) is 0. The number of aromatic nitrogens is 2. The van der Waals surface area contributed by atoms with Gasteiger partial charge in [-0.05, 0) is 184 Å². The van der Waals surface area contributed by atoms with Crippen LogP contribution in [0.3, 0.4) is 0 Å². The average Bonchev–Trinajstić information content (AvgIpc) is 3.86. The van der Waals surface area contributed by atoms with Crippen molar-refractivity contribution >= 4 is 56.6 Å². The van der Waals surface area contributed by atoms with Crippen molar-refractivity contribution in [3.8, 4) is 5.75 Å². The van der Waals surface area contributed by atoms with Crippen molar-refractivity contribution < 1.29 is 19.1 Å². The Balaban J connectivity index is 0.952. The maximum atomic E-state index is 17.6. The van der Waals surface area contributed by atoms with Gasteiger partial charge in [-0.15, -0.1) is 0 Å². The molecule has 8 saturated carbocycles. The molecule has 8 bridgehead atoms. The zero-order valence-corrected chi connectivity index (χ0v) is 40.3. The SMILES string of the molecule is NC(=O)CC(C(=O)N(c1cccc2nc(NCCNCc3ccoc3)ccc12)c1cccc2nc(NCCNCc3ccccc3O)ccc12)(C12CC3CC(CC(C3)C1)C2)C12CC3CC(CC(C3)C1)C2. The minimum atomic E-state index is -0.987. The molecule has 0 atom stereocenters. The second kappa shape index (κ2) is 18.3. The van der Waals surface area contributed by atoms with Crippen LogP contribution in [0.25, 0.3) is 21.8 Å². The Kier molecular flexibility index (Phi) is 11.8. The molecule has 2 amide bonds. The van der Waals surface area contributed by atoms with Crippen LogP contribution in [0, 0.1) is 51.8 Å². The summed E-state index contributed by atoms with van der Waals surface area (Å²) in [5.74, 6) is 4.97. The van der Waals surface area contributed by atoms with Gasteiger partial charge in [-0.3, -0.25) is 14.5 Å². The summed E-state index contributed by atoms with van der Waals surface area (Å²) >= 11 is 0. The standard InChI is InChI=1S/C58H68N8O4/c59-52(68)33-58(56-27-38-21-39(28-56)23-40(22-38)29-56,57-30-41-24-42(31-57)26-43(25-41)32-57)55(69)66(49-8-3-6-47-45(49)11-13-53(64-47)62-18-16-60-34-37-15-20-70-36-37)50-9-4-7-48-46(50)12-14-54(65-48)63-19-17-61-35-44-5-1-2-10-51(44)67/h1-15,20,36,38-43,60-61,67H,16-19,21-35H2,(H2,59,68)(H,62,64)(H,63,65). The molecule has 3 aromatic carbocycles. The molecule has 12 heteroatoms. The highest BCUT2D eigenvalue weighted by Crippen LogP contribution is 2.77. The number of carbonyl (C=O) groups excluding carboxylic acids is 2. The zero-order valence-electron chi connectivity index (χ0n) is 40.3. The van der Waals surface area contributed by atoms with Gasteiger partial charge in [0.25, 0.3) is 0 Å². The predicted octanol–water partition coefficient (Wildman–Crippen LogP) is 10.4. The van der Waals surface area contributed by atoms with E-state index >= 15 is 4.79 Å². The lowest BCUT2D eigenvalue weighted by Crippen LogP contribution is -2.70. The number of carbonyl (C=O) groups is 2. The molecule has 8 aliphatic carbocycles. The molecule has 0 radical (unpaired) electrons. The van der Waals surface area contributed by atoms with Gasteiger partial charge in [0.1, 0.15) is 17.4 Å². The molecule has 0 aliphatic heterocycles. The van der Waals surface area contributed by atoms with Crippen molar-refractivity contribution in [2.75, 3.05) is 41.7 Å². The van der Waals surface area contributed by atoms with Crippen LogP contribution in [-0.2, 0) is 22.7 Å². The van der Waals surface area contributed by atoms with Crippen molar-refractivity contribution in [2.45, 2.75) is 96.6 Å². The van der Waals surface area contributed by atoms with Crippen LogP contribution in [0.2, 0.25) is 0 Å². The van der Waals surface area contributed by atoms with Crippen molar-refractivity contribution in [1.29, 1.82) is 0 Å². The number of furan rings is 1. The number of nitrogens with zero attached hydrogens (tertiary/aromatic N) is 3. The van der Waals surface area contributed by atoms with Crippen LogP contribution in [0.4, 0.5) is 23.0 Å². The summed E-state index contributed by atoms with van der Waals surface area (Å²) in [4.78, 5) is 44.3. The number of aromatic hydroxyl groups is 1. The number of para-hydroxylation sites is 1. The van der Waals surface area contributed by atoms with E-state index in [0.717, 1.165) is 108 Å². The van der Waals surface area contributed by atoms with Crippen LogP contribution in [0.15, 0.2) is 108 Å². The van der Waals surface area contributed by atoms with Crippen LogP contribution in [-0.4, -0.2) is 53.1 Å². The summed E-state index contributed by atoms with van der Waals surface area (Å²) < 4.78 is 5.23. The van der Waals surface area contributed by atoms with E-state index in [1.165, 1.54) is 38.5 Å². The molecule has 14 rings (SSSR count). The Labute approximate surface area is 411 Å². The summed E-state index contributed by atoms with van der Waals surface area (Å²) in [6.45, 7) is 4.00. The Morgan fingerprint density at radius 3 is 1.60 bits per heavy atom. The molecular formula is C58H68N8O4. The highest BCUT2D eigenvalue weighted by atomic mass is 16.3. The minimum Gasteiger partial charge on any atom is -0.508 e. The highest BCUT2D eigenvalue weighted by Gasteiger charge is 2.74. The van der Waals surface area contributed by atoms with E-state index in [4.69, 9.17) is 20.1 Å². The fraction of sp³-hybridized carbons (Fsp3) is 0.483. The smallest absolute Gasteiger partial charge is 0.239 e. The number of nitrogens with two attached hydrogens (primary N) is 1. The van der Waals surface area contributed by atoms with Gasteiger partial charge < -0.3 is 36.5 Å². The van der Waals surface area contributed by atoms with Gasteiger partial charge in [0.05, 0.1) is 40.3 Å². The lowest BCUT2D eigenvalue weighted by Gasteiger charge is -2.72. The van der Waals surface area contributed by atoms with Gasteiger partial charge in [-0.1, -0.05) is 30.3 Å². The average molecular weight is 941 g/mol. The fourth-order valence-electron chi connectivity index (χ4n) is 16.5. The normalized spacial score (nSPS) is 28.0. The fourth-order valence-corrected chi connectivity index (χ4v) is 16.5. The molecule has 3 aromatic heterocycles.